The van der Waals surface area contributed by atoms with Gasteiger partial charge >= 0.3 is 0 Å². The Bertz CT molecular complexity index is 3580. The van der Waals surface area contributed by atoms with Gasteiger partial charge in [-0.2, -0.15) is 0 Å². The van der Waals surface area contributed by atoms with Crippen LogP contribution in [0.3, 0.4) is 0 Å². The van der Waals surface area contributed by atoms with Crippen molar-refractivity contribution in [3.8, 4) is 50.2 Å². The summed E-state index contributed by atoms with van der Waals surface area (Å²) in [6.45, 7) is 4.81. The summed E-state index contributed by atoms with van der Waals surface area (Å²) in [5, 5.41) is 2.67. The molecule has 0 spiro atoms. The third kappa shape index (κ3) is 6.66. The maximum absolute atomic E-state index is 2.51. The number of hydrogen-bond donors (Lipinski definition) is 0. The summed E-state index contributed by atoms with van der Waals surface area (Å²) < 4.78 is 2.51. The molecule has 0 bridgehead atoms. The summed E-state index contributed by atoms with van der Waals surface area (Å²) in [4.78, 5) is 7.63. The van der Waals surface area contributed by atoms with E-state index < -0.39 is 0 Å². The zero-order valence-electron chi connectivity index (χ0n) is 37.2. The Morgan fingerprint density at radius 3 is 1.36 bits per heavy atom. The van der Waals surface area contributed by atoms with Gasteiger partial charge in [0.1, 0.15) is 0 Å². The molecule has 0 amide bonds. The molecule has 318 valence electrons. The lowest BCUT2D eigenvalue weighted by Crippen LogP contribution is -2.15. The molecule has 0 unspecified atom stereocenters. The van der Waals surface area contributed by atoms with Crippen molar-refractivity contribution in [1.82, 2.24) is 4.57 Å². The van der Waals surface area contributed by atoms with Crippen molar-refractivity contribution in [2.45, 2.75) is 38.8 Å². The van der Waals surface area contributed by atoms with E-state index in [2.05, 4.69) is 254 Å². The van der Waals surface area contributed by atoms with Crippen molar-refractivity contribution in [3.05, 3.63) is 242 Å². The molecule has 10 aromatic carbocycles. The van der Waals surface area contributed by atoms with Crippen LogP contribution in [0.4, 0.5) is 17.1 Å². The molecule has 0 radical (unpaired) electrons. The lowest BCUT2D eigenvalue weighted by atomic mass is 9.80. The maximum atomic E-state index is 2.51. The Hall–Kier alpha value is -7.50. The van der Waals surface area contributed by atoms with Gasteiger partial charge in [-0.1, -0.05) is 189 Å². The van der Waals surface area contributed by atoms with E-state index in [-0.39, 0.29) is 5.41 Å². The fourth-order valence-corrected chi connectivity index (χ4v) is 12.9. The predicted octanol–water partition coefficient (Wildman–Crippen LogP) is 18.2. The van der Waals surface area contributed by atoms with Crippen molar-refractivity contribution >= 4 is 62.4 Å². The van der Waals surface area contributed by atoms with Crippen LogP contribution in [0, 0.1) is 0 Å². The Morgan fingerprint density at radius 1 is 0.373 bits per heavy atom. The van der Waals surface area contributed by atoms with Crippen LogP contribution in [-0.2, 0) is 5.41 Å². The summed E-state index contributed by atoms with van der Waals surface area (Å²) in [6.07, 6.45) is 0. The molecule has 1 aromatic heterocycles. The predicted molar refractivity (Wildman–Crippen MR) is 284 cm³/mol. The smallest absolute Gasteiger partial charge is 0.0553 e. The SMILES string of the molecule is CC1(C)c2ccccc2-c2ccc3c(c21)c1cc2c(cc1n3-c1ccc(-c3ccc(N(c4ccc(-c5ccccc5)cc4)c4ccc(-c5ccccc5)cc4)cc3)cc1)Sc1ccccc1S2. The molecule has 0 fully saturated rings. The number of rotatable bonds is 7. The number of nitrogens with zero attached hydrogens (tertiary/aromatic N) is 2. The van der Waals surface area contributed by atoms with Crippen LogP contribution in [0.2, 0.25) is 0 Å². The van der Waals surface area contributed by atoms with Crippen molar-refractivity contribution in [2.75, 3.05) is 4.90 Å². The lowest BCUT2D eigenvalue weighted by molar-refractivity contribution is 0.666. The van der Waals surface area contributed by atoms with Crippen molar-refractivity contribution in [3.63, 3.8) is 0 Å². The van der Waals surface area contributed by atoms with Gasteiger partial charge in [-0.05, 0) is 134 Å². The second-order valence-corrected chi connectivity index (χ2v) is 20.3. The molecule has 11 aromatic rings. The Balaban J connectivity index is 0.884. The Labute approximate surface area is 400 Å². The van der Waals surface area contributed by atoms with Gasteiger partial charge in [-0.25, -0.2) is 0 Å². The topological polar surface area (TPSA) is 8.17 Å². The fourth-order valence-electron chi connectivity index (χ4n) is 10.6. The minimum Gasteiger partial charge on any atom is -0.311 e. The van der Waals surface area contributed by atoms with Crippen molar-refractivity contribution in [1.29, 1.82) is 0 Å². The summed E-state index contributed by atoms with van der Waals surface area (Å²) in [6, 6.07) is 84.7. The molecule has 2 heterocycles. The average molecular weight is 893 g/mol. The number of fused-ring (bicyclic) bond motifs is 9. The minimum absolute atomic E-state index is 0.141. The number of hydrogen-bond acceptors (Lipinski definition) is 3. The zero-order valence-corrected chi connectivity index (χ0v) is 38.8. The van der Waals surface area contributed by atoms with Gasteiger partial charge in [0, 0.05) is 58.5 Å². The largest absolute Gasteiger partial charge is 0.311 e. The highest BCUT2D eigenvalue weighted by molar-refractivity contribution is 8.05. The van der Waals surface area contributed by atoms with Crippen LogP contribution < -0.4 is 4.90 Å². The van der Waals surface area contributed by atoms with Crippen LogP contribution >= 0.6 is 23.5 Å². The first-order valence-electron chi connectivity index (χ1n) is 23.0. The second kappa shape index (κ2) is 15.8. The number of benzene rings is 10. The van der Waals surface area contributed by atoms with Crippen LogP contribution in [-0.4, -0.2) is 4.57 Å². The highest BCUT2D eigenvalue weighted by atomic mass is 32.2. The van der Waals surface area contributed by atoms with Crippen LogP contribution in [0.1, 0.15) is 25.0 Å². The van der Waals surface area contributed by atoms with E-state index in [4.69, 9.17) is 0 Å². The standard InChI is InChI=1S/C63H44N2S2/c1-63(2)54-18-10-9-17-51(54)52-37-38-55-61(62(52)63)53-39-59-60(67-58-20-12-11-19-57(58)66-59)40-56(53)65(55)50-35-27-46(28-36-50)45-25-33-49(34-26-45)64(47-29-21-43(22-30-47)41-13-5-3-6-14-41)48-31-23-44(24-32-48)42-15-7-4-8-16-42/h3-40H,1-2H3. The van der Waals surface area contributed by atoms with Crippen LogP contribution in [0.5, 0.6) is 0 Å². The summed E-state index contributed by atoms with van der Waals surface area (Å²) in [5.41, 5.74) is 19.5. The van der Waals surface area contributed by atoms with Crippen LogP contribution in [0.15, 0.2) is 250 Å². The molecule has 0 saturated heterocycles. The van der Waals surface area contributed by atoms with Crippen molar-refractivity contribution < 1.29 is 0 Å². The Kier molecular flexibility index (Phi) is 9.42. The van der Waals surface area contributed by atoms with Gasteiger partial charge in [-0.15, -0.1) is 0 Å². The summed E-state index contributed by atoms with van der Waals surface area (Å²) >= 11 is 3.78. The van der Waals surface area contributed by atoms with E-state index in [0.717, 1.165) is 22.7 Å². The van der Waals surface area contributed by atoms with E-state index >= 15 is 0 Å². The van der Waals surface area contributed by atoms with E-state index in [1.807, 2.05) is 23.5 Å². The van der Waals surface area contributed by atoms with E-state index in [0.29, 0.717) is 0 Å². The quantitative estimate of drug-likeness (QED) is 0.158. The van der Waals surface area contributed by atoms with Gasteiger partial charge < -0.3 is 9.47 Å². The first-order valence-corrected chi connectivity index (χ1v) is 24.6. The molecule has 0 saturated carbocycles. The van der Waals surface area contributed by atoms with Gasteiger partial charge in [0.05, 0.1) is 11.0 Å². The number of anilines is 3. The molecule has 2 nitrogen and oxygen atoms in total. The van der Waals surface area contributed by atoms with Crippen LogP contribution in [0.25, 0.3) is 72.0 Å². The van der Waals surface area contributed by atoms with E-state index in [1.165, 1.54) is 97.0 Å². The third-order valence-corrected chi connectivity index (χ3v) is 16.4. The first kappa shape index (κ1) is 39.8. The fraction of sp³-hybridized carbons (Fsp3) is 0.0476. The van der Waals surface area contributed by atoms with E-state index in [1.54, 1.807) is 0 Å². The molecular formula is C63H44N2S2. The highest BCUT2D eigenvalue weighted by Crippen LogP contribution is 2.55. The molecule has 67 heavy (non-hydrogen) atoms. The average Bonchev–Trinajstić information content (AvgIpc) is 3.83. The Morgan fingerprint density at radius 2 is 0.821 bits per heavy atom. The van der Waals surface area contributed by atoms with Gasteiger partial charge in [0.15, 0.2) is 0 Å². The lowest BCUT2D eigenvalue weighted by Gasteiger charge is -2.26. The molecule has 1 aliphatic carbocycles. The van der Waals surface area contributed by atoms with Crippen molar-refractivity contribution in [2.24, 2.45) is 0 Å². The molecule has 4 heteroatoms. The summed E-state index contributed by atoms with van der Waals surface area (Å²) in [7, 11) is 0. The van der Waals surface area contributed by atoms with E-state index in [9.17, 15) is 0 Å². The molecule has 0 N–H and O–H groups in total. The molecule has 13 rings (SSSR count). The third-order valence-electron chi connectivity index (χ3n) is 13.9. The minimum atomic E-state index is -0.141. The molecule has 2 aliphatic rings. The van der Waals surface area contributed by atoms with Gasteiger partial charge in [0.25, 0.3) is 0 Å². The summed E-state index contributed by atoms with van der Waals surface area (Å²) in [5.74, 6) is 0. The second-order valence-electron chi connectivity index (χ2n) is 18.1. The molecular weight excluding hydrogens is 849 g/mol. The first-order chi connectivity index (χ1) is 33.0. The highest BCUT2D eigenvalue weighted by Gasteiger charge is 2.38. The molecule has 1 aliphatic heterocycles. The normalized spacial score (nSPS) is 13.2. The van der Waals surface area contributed by atoms with Gasteiger partial charge in [0.2, 0.25) is 0 Å². The van der Waals surface area contributed by atoms with Gasteiger partial charge in [-0.3, -0.25) is 0 Å². The number of aromatic nitrogens is 1. The maximum Gasteiger partial charge on any atom is 0.0553 e. The molecule has 0 atom stereocenters. The monoisotopic (exact) mass is 892 g/mol. The zero-order chi connectivity index (χ0) is 44.6.